The van der Waals surface area contributed by atoms with E-state index in [0.29, 0.717) is 17.4 Å². The van der Waals surface area contributed by atoms with E-state index in [1.165, 1.54) is 212 Å². The normalized spacial score (nSPS) is 14.3. The maximum absolute atomic E-state index is 13.0. The van der Waals surface area contributed by atoms with Crippen LogP contribution in [0.25, 0.3) is 0 Å². The van der Waals surface area contributed by atoms with Gasteiger partial charge in [-0.1, -0.05) is 323 Å². The fraction of sp³-hybridized carbons (Fsp3) is 0.770. The lowest BCUT2D eigenvalue weighted by molar-refractivity contribution is -0.870. The van der Waals surface area contributed by atoms with Gasteiger partial charge in [-0.25, -0.2) is 0 Å². The van der Waals surface area contributed by atoms with Crippen molar-refractivity contribution >= 4 is 13.7 Å². The molecule has 0 aromatic heterocycles. The number of unbranched alkanes of at least 4 members (excludes halogenated alkanes) is 37. The van der Waals surface area contributed by atoms with Crippen molar-refractivity contribution in [1.82, 2.24) is 5.32 Å². The number of aliphatic hydroxyl groups excluding tert-OH is 1. The summed E-state index contributed by atoms with van der Waals surface area (Å²) in [7, 11) is 1.24. The second-order valence-electron chi connectivity index (χ2n) is 24.8. The molecule has 0 radical (unpaired) electrons. The van der Waals surface area contributed by atoms with E-state index in [9.17, 15) is 19.4 Å². The average molecular weight is 1180 g/mol. The van der Waals surface area contributed by atoms with Gasteiger partial charge in [0.15, 0.2) is 0 Å². The van der Waals surface area contributed by atoms with Crippen molar-refractivity contribution in [3.63, 3.8) is 0 Å². The number of hydrogen-bond donors (Lipinski definition) is 2. The fourth-order valence-electron chi connectivity index (χ4n) is 10.1. The third-order valence-electron chi connectivity index (χ3n) is 15.5. The molecule has 2 N–H and O–H groups in total. The summed E-state index contributed by atoms with van der Waals surface area (Å²) in [6.45, 7) is 4.54. The van der Waals surface area contributed by atoms with Gasteiger partial charge >= 0.3 is 0 Å². The van der Waals surface area contributed by atoms with E-state index in [1.54, 1.807) is 6.08 Å². The van der Waals surface area contributed by atoms with Gasteiger partial charge in [0.2, 0.25) is 5.91 Å². The quantitative estimate of drug-likeness (QED) is 0.0272. The average Bonchev–Trinajstić information content (AvgIpc) is 3.50. The lowest BCUT2D eigenvalue weighted by Crippen LogP contribution is -2.45. The van der Waals surface area contributed by atoms with Crippen LogP contribution in [-0.2, 0) is 18.4 Å². The van der Waals surface area contributed by atoms with Crippen LogP contribution in [0, 0.1) is 0 Å². The number of rotatable bonds is 64. The molecule has 3 unspecified atom stereocenters. The van der Waals surface area contributed by atoms with Crippen LogP contribution < -0.4 is 10.2 Å². The number of carbonyl (C=O) groups is 1. The highest BCUT2D eigenvalue weighted by atomic mass is 31.2. The van der Waals surface area contributed by atoms with Crippen LogP contribution >= 0.6 is 7.82 Å². The van der Waals surface area contributed by atoms with Gasteiger partial charge in [-0.05, 0) is 83.5 Å². The van der Waals surface area contributed by atoms with E-state index in [0.717, 1.165) is 83.5 Å². The first-order valence-corrected chi connectivity index (χ1v) is 36.6. The van der Waals surface area contributed by atoms with Crippen molar-refractivity contribution in [2.24, 2.45) is 0 Å². The Morgan fingerprint density at radius 1 is 0.434 bits per heavy atom. The van der Waals surface area contributed by atoms with Crippen LogP contribution in [0.2, 0.25) is 0 Å². The van der Waals surface area contributed by atoms with Crippen LogP contribution in [0.15, 0.2) is 97.2 Å². The molecule has 0 heterocycles. The number of aliphatic hydroxyl groups is 1. The maximum atomic E-state index is 13.0. The highest BCUT2D eigenvalue weighted by Crippen LogP contribution is 2.38. The molecule has 0 fully saturated rings. The topological polar surface area (TPSA) is 108 Å². The molecule has 0 aromatic carbocycles. The second kappa shape index (κ2) is 63.9. The van der Waals surface area contributed by atoms with Crippen LogP contribution in [0.5, 0.6) is 0 Å². The smallest absolute Gasteiger partial charge is 0.268 e. The predicted octanol–water partition coefficient (Wildman–Crippen LogP) is 21.9. The lowest BCUT2D eigenvalue weighted by Gasteiger charge is -2.29. The standard InChI is InChI=1S/C74H135N2O6P/c1-6-8-10-12-14-16-18-20-22-24-26-28-30-32-34-36-37-38-40-41-43-45-47-49-51-53-55-57-59-61-63-65-67-73(77)72(71-82-83(79,80)81-70-69-76(3,4)5)75-74(78)68-66-64-62-60-58-56-54-52-50-48-46-44-42-39-35-33-31-29-27-25-23-21-19-17-15-13-11-9-7-2/h9,11,15,17,21,23,27,29,33,35,42,44,57,59,65,67,72-73,77H,6-8,10,12-14,16,18-20,22,24-26,28,30-32,34,36-41,43,45-56,58,60-64,66,68-71H2,1-5H3,(H-,75,78,79,80)/b11-9-,17-15-,23-21-,29-27-,35-33-,44-42-,59-57+,67-65+. The molecular weight excluding hydrogens is 1040 g/mol. The van der Waals surface area contributed by atoms with Crippen molar-refractivity contribution in [2.75, 3.05) is 40.9 Å². The molecule has 8 nitrogen and oxygen atoms in total. The largest absolute Gasteiger partial charge is 0.756 e. The van der Waals surface area contributed by atoms with Gasteiger partial charge in [0.1, 0.15) is 13.2 Å². The van der Waals surface area contributed by atoms with Crippen molar-refractivity contribution in [3.8, 4) is 0 Å². The van der Waals surface area contributed by atoms with Gasteiger partial charge in [-0.2, -0.15) is 0 Å². The number of nitrogens with zero attached hydrogens (tertiary/aromatic N) is 1. The fourth-order valence-corrected chi connectivity index (χ4v) is 10.8. The molecule has 482 valence electrons. The SMILES string of the molecule is CC/C=C\C/C=C\C/C=C\C/C=C\C/C=C\C/C=C\CCCCCCCCCCCCC(=O)NC(COP(=O)([O-])OCC[N+](C)(C)C)C(O)/C=C/CC/C=C/CCCCCCCCCCCCCCCCCCCCCCCCCCCC. The first kappa shape index (κ1) is 80.4. The van der Waals surface area contributed by atoms with Gasteiger partial charge in [0.05, 0.1) is 39.9 Å². The number of quaternary nitrogens is 1. The highest BCUT2D eigenvalue weighted by molar-refractivity contribution is 7.45. The van der Waals surface area contributed by atoms with Gasteiger partial charge in [-0.15, -0.1) is 0 Å². The molecule has 0 bridgehead atoms. The number of hydrogen-bond acceptors (Lipinski definition) is 6. The molecule has 3 atom stereocenters. The molecule has 1 amide bonds. The Labute approximate surface area is 515 Å². The van der Waals surface area contributed by atoms with Gasteiger partial charge in [0, 0.05) is 6.42 Å². The molecule has 0 rings (SSSR count). The number of carbonyl (C=O) groups excluding carboxylic acids is 1. The number of nitrogens with one attached hydrogen (secondary N) is 1. The number of likely N-dealkylation sites (N-methyl/N-ethyl adjacent to an activating group) is 1. The van der Waals surface area contributed by atoms with Crippen LogP contribution in [-0.4, -0.2) is 68.5 Å². The third kappa shape index (κ3) is 66.8. The molecule has 0 saturated heterocycles. The van der Waals surface area contributed by atoms with E-state index in [-0.39, 0.29) is 12.5 Å². The van der Waals surface area contributed by atoms with E-state index in [1.807, 2.05) is 27.2 Å². The van der Waals surface area contributed by atoms with E-state index in [2.05, 4.69) is 104 Å². The summed E-state index contributed by atoms with van der Waals surface area (Å²) in [6, 6.07) is -0.914. The molecule has 0 saturated carbocycles. The number of phosphoric acid groups is 1. The highest BCUT2D eigenvalue weighted by Gasteiger charge is 2.23. The summed E-state index contributed by atoms with van der Waals surface area (Å²) in [5.74, 6) is -0.212. The van der Waals surface area contributed by atoms with Gasteiger partial charge in [0.25, 0.3) is 7.82 Å². The summed E-state index contributed by atoms with van der Waals surface area (Å²) in [5.41, 5.74) is 0. The van der Waals surface area contributed by atoms with Crippen molar-refractivity contribution in [1.29, 1.82) is 0 Å². The first-order chi connectivity index (χ1) is 40.5. The second-order valence-corrected chi connectivity index (χ2v) is 26.3. The Kier molecular flexibility index (Phi) is 61.9. The Balaban J connectivity index is 4.14. The third-order valence-corrected chi connectivity index (χ3v) is 16.5. The molecule has 83 heavy (non-hydrogen) atoms. The Hall–Kier alpha value is -2.58. The minimum atomic E-state index is -4.62. The molecule has 0 spiro atoms. The molecular formula is C74H135N2O6P. The summed E-state index contributed by atoms with van der Waals surface area (Å²) in [5, 5.41) is 13.9. The molecule has 0 aliphatic carbocycles. The molecule has 0 aliphatic rings. The minimum absolute atomic E-state index is 0.0112. The number of phosphoric ester groups is 1. The van der Waals surface area contributed by atoms with Crippen LogP contribution in [0.1, 0.15) is 316 Å². The van der Waals surface area contributed by atoms with Gasteiger partial charge in [-0.3, -0.25) is 9.36 Å². The summed E-state index contributed by atoms with van der Waals surface area (Å²) in [4.78, 5) is 25.6. The Morgan fingerprint density at radius 3 is 1.12 bits per heavy atom. The van der Waals surface area contributed by atoms with Crippen molar-refractivity contribution < 1.29 is 32.9 Å². The summed E-state index contributed by atoms with van der Waals surface area (Å²) < 4.78 is 23.4. The van der Waals surface area contributed by atoms with E-state index < -0.39 is 26.6 Å². The molecule has 0 aromatic rings. The monoisotopic (exact) mass is 1180 g/mol. The van der Waals surface area contributed by atoms with Gasteiger partial charge < -0.3 is 28.8 Å². The van der Waals surface area contributed by atoms with Crippen molar-refractivity contribution in [2.45, 2.75) is 328 Å². The first-order valence-electron chi connectivity index (χ1n) is 35.1. The number of amides is 1. The molecule has 0 aliphatic heterocycles. The number of allylic oxidation sites excluding steroid dienone is 15. The minimum Gasteiger partial charge on any atom is -0.756 e. The Morgan fingerprint density at radius 2 is 0.747 bits per heavy atom. The summed E-state index contributed by atoms with van der Waals surface area (Å²) in [6.07, 6.45) is 92.5. The zero-order valence-corrected chi connectivity index (χ0v) is 56.0. The zero-order chi connectivity index (χ0) is 60.5. The predicted molar refractivity (Wildman–Crippen MR) is 362 cm³/mol. The molecule has 9 heteroatoms. The maximum Gasteiger partial charge on any atom is 0.268 e. The van der Waals surface area contributed by atoms with Crippen LogP contribution in [0.3, 0.4) is 0 Å². The Bertz CT molecular complexity index is 1670. The lowest BCUT2D eigenvalue weighted by atomic mass is 10.0. The van der Waals surface area contributed by atoms with Crippen molar-refractivity contribution in [3.05, 3.63) is 97.2 Å². The van der Waals surface area contributed by atoms with Crippen LogP contribution in [0.4, 0.5) is 0 Å². The van der Waals surface area contributed by atoms with E-state index in [4.69, 9.17) is 9.05 Å². The zero-order valence-electron chi connectivity index (χ0n) is 55.1. The summed E-state index contributed by atoms with van der Waals surface area (Å²) >= 11 is 0. The van der Waals surface area contributed by atoms with E-state index >= 15 is 0 Å².